The summed E-state index contributed by atoms with van der Waals surface area (Å²) in [5.74, 6) is -1.38. The normalized spacial score (nSPS) is 14.9. The van der Waals surface area contributed by atoms with E-state index in [9.17, 15) is 19.7 Å². The van der Waals surface area contributed by atoms with Gasteiger partial charge in [-0.2, -0.15) is 0 Å². The fourth-order valence-electron chi connectivity index (χ4n) is 2.75. The summed E-state index contributed by atoms with van der Waals surface area (Å²) in [6.07, 6.45) is 0. The van der Waals surface area contributed by atoms with Crippen LogP contribution in [0.15, 0.2) is 30.3 Å². The summed E-state index contributed by atoms with van der Waals surface area (Å²) in [4.78, 5) is 40.7. The van der Waals surface area contributed by atoms with Crippen molar-refractivity contribution in [3.05, 3.63) is 51.0 Å². The average Bonchev–Trinajstić information content (AvgIpc) is 2.61. The van der Waals surface area contributed by atoms with Crippen molar-refractivity contribution < 1.29 is 19.2 Å². The molecule has 0 spiro atoms. The van der Waals surface area contributed by atoms with Gasteiger partial charge in [0, 0.05) is 16.8 Å². The largest absolute Gasteiger partial charge is 0.472 e. The number of benzene rings is 1. The molecule has 9 nitrogen and oxygen atoms in total. The number of halogens is 1. The predicted molar refractivity (Wildman–Crippen MR) is 103 cm³/mol. The Balaban J connectivity index is 1.92. The van der Waals surface area contributed by atoms with E-state index < -0.39 is 34.7 Å². The van der Waals surface area contributed by atoms with Crippen LogP contribution < -0.4 is 15.0 Å². The Labute approximate surface area is 165 Å². The molecule has 10 heteroatoms. The summed E-state index contributed by atoms with van der Waals surface area (Å²) in [6.45, 7) is 4.51. The Morgan fingerprint density at radius 1 is 1.36 bits per heavy atom. The van der Waals surface area contributed by atoms with Crippen molar-refractivity contribution in [1.29, 1.82) is 0 Å². The molecule has 28 heavy (non-hydrogen) atoms. The summed E-state index contributed by atoms with van der Waals surface area (Å²) >= 11 is 5.96. The lowest BCUT2D eigenvalue weighted by Gasteiger charge is -2.35. The van der Waals surface area contributed by atoms with Crippen molar-refractivity contribution >= 4 is 40.7 Å². The molecule has 1 aromatic heterocycles. The summed E-state index contributed by atoms with van der Waals surface area (Å²) in [5, 5.41) is 14.2. The van der Waals surface area contributed by atoms with Gasteiger partial charge in [0.25, 0.3) is 11.7 Å². The molecule has 2 aromatic rings. The van der Waals surface area contributed by atoms with Gasteiger partial charge in [-0.3, -0.25) is 14.5 Å². The molecule has 146 valence electrons. The number of nitrogens with one attached hydrogen (secondary N) is 1. The first-order valence-electron chi connectivity index (χ1n) is 8.31. The van der Waals surface area contributed by atoms with Crippen LogP contribution in [-0.4, -0.2) is 33.9 Å². The number of carbonyl (C=O) groups is 2. The van der Waals surface area contributed by atoms with Crippen LogP contribution in [0.3, 0.4) is 0 Å². The predicted octanol–water partition coefficient (Wildman–Crippen LogP) is 3.09. The molecule has 0 saturated heterocycles. The zero-order valence-corrected chi connectivity index (χ0v) is 16.1. The number of pyridine rings is 1. The molecule has 0 fully saturated rings. The molecular formula is C18H17ClN4O5. The zero-order chi connectivity index (χ0) is 20.6. The van der Waals surface area contributed by atoms with Crippen molar-refractivity contribution in [2.45, 2.75) is 26.4 Å². The van der Waals surface area contributed by atoms with E-state index >= 15 is 0 Å². The topological polar surface area (TPSA) is 115 Å². The number of amides is 2. The molecule has 2 amide bonds. The number of aryl methyl sites for hydroxylation is 1. The minimum Gasteiger partial charge on any atom is -0.472 e. The van der Waals surface area contributed by atoms with Gasteiger partial charge in [-0.15, -0.1) is 0 Å². The molecular weight excluding hydrogens is 388 g/mol. The maximum Gasteiger partial charge on any atom is 0.366 e. The Morgan fingerprint density at radius 2 is 2.07 bits per heavy atom. The van der Waals surface area contributed by atoms with Gasteiger partial charge in [0.05, 0.1) is 0 Å². The maximum atomic E-state index is 12.8. The molecule has 1 aliphatic heterocycles. The summed E-state index contributed by atoms with van der Waals surface area (Å²) in [7, 11) is 0. The minimum absolute atomic E-state index is 0.0727. The molecule has 0 saturated carbocycles. The third-order valence-corrected chi connectivity index (χ3v) is 4.40. The van der Waals surface area contributed by atoms with Crippen LogP contribution in [0.25, 0.3) is 0 Å². The van der Waals surface area contributed by atoms with Gasteiger partial charge < -0.3 is 20.2 Å². The molecule has 0 unspecified atom stereocenters. The second kappa shape index (κ2) is 7.08. The van der Waals surface area contributed by atoms with Crippen molar-refractivity contribution in [1.82, 2.24) is 4.98 Å². The first-order valence-corrected chi connectivity index (χ1v) is 8.69. The number of ether oxygens (including phenoxy) is 1. The number of nitrogens with zero attached hydrogens (tertiary/aromatic N) is 3. The lowest BCUT2D eigenvalue weighted by atomic mass is 10.1. The van der Waals surface area contributed by atoms with Crippen LogP contribution in [0.1, 0.15) is 19.4 Å². The minimum atomic E-state index is -1.25. The van der Waals surface area contributed by atoms with Gasteiger partial charge in [0.1, 0.15) is 6.54 Å². The van der Waals surface area contributed by atoms with Gasteiger partial charge in [-0.1, -0.05) is 17.7 Å². The lowest BCUT2D eigenvalue weighted by Crippen LogP contribution is -2.54. The first kappa shape index (κ1) is 19.6. The fraction of sp³-hybridized carbons (Fsp3) is 0.278. The van der Waals surface area contributed by atoms with Gasteiger partial charge in [-0.05, 0) is 54.4 Å². The quantitative estimate of drug-likeness (QED) is 0.618. The van der Waals surface area contributed by atoms with E-state index in [2.05, 4.69) is 10.3 Å². The molecule has 0 aliphatic carbocycles. The third kappa shape index (κ3) is 3.74. The SMILES string of the molecule is Cc1ccc(Cl)cc1NC(=O)CN1C(=O)C(C)(C)Oc2ccc([N+](=O)[O-])nc21. The Kier molecular flexibility index (Phi) is 4.95. The van der Waals surface area contributed by atoms with Gasteiger partial charge in [0.15, 0.2) is 11.4 Å². The molecule has 2 heterocycles. The standard InChI is InChI=1S/C18H17ClN4O5/c1-10-4-5-11(19)8-12(10)20-15(24)9-22-16-13(28-18(2,3)17(22)25)6-7-14(21-16)23(26)27/h4-8H,9H2,1-3H3,(H,20,24). The van der Waals surface area contributed by atoms with Gasteiger partial charge in [-0.25, -0.2) is 0 Å². The van der Waals surface area contributed by atoms with E-state index in [4.69, 9.17) is 16.3 Å². The third-order valence-electron chi connectivity index (χ3n) is 4.17. The number of hydrogen-bond acceptors (Lipinski definition) is 6. The Hall–Kier alpha value is -3.20. The van der Waals surface area contributed by atoms with Crippen molar-refractivity contribution in [3.8, 4) is 5.75 Å². The first-order chi connectivity index (χ1) is 13.1. The number of fused-ring (bicyclic) bond motifs is 1. The van der Waals surface area contributed by atoms with Crippen LogP contribution in [0, 0.1) is 17.0 Å². The van der Waals surface area contributed by atoms with Crippen LogP contribution in [0.2, 0.25) is 5.02 Å². The molecule has 0 radical (unpaired) electrons. The highest BCUT2D eigenvalue weighted by molar-refractivity contribution is 6.31. The van der Waals surface area contributed by atoms with Crippen LogP contribution in [-0.2, 0) is 9.59 Å². The monoisotopic (exact) mass is 404 g/mol. The number of anilines is 2. The molecule has 3 rings (SSSR count). The van der Waals surface area contributed by atoms with Crippen molar-refractivity contribution in [2.75, 3.05) is 16.8 Å². The number of rotatable bonds is 4. The lowest BCUT2D eigenvalue weighted by molar-refractivity contribution is -0.389. The smallest absolute Gasteiger partial charge is 0.366 e. The number of carbonyl (C=O) groups excluding carboxylic acids is 2. The molecule has 0 atom stereocenters. The van der Waals surface area contributed by atoms with E-state index in [1.807, 2.05) is 0 Å². The molecule has 1 N–H and O–H groups in total. The fourth-order valence-corrected chi connectivity index (χ4v) is 2.92. The van der Waals surface area contributed by atoms with E-state index in [0.29, 0.717) is 10.7 Å². The van der Waals surface area contributed by atoms with Gasteiger partial charge in [0.2, 0.25) is 5.91 Å². The van der Waals surface area contributed by atoms with E-state index in [1.54, 1.807) is 39.0 Å². The molecule has 1 aromatic carbocycles. The summed E-state index contributed by atoms with van der Waals surface area (Å²) < 4.78 is 5.61. The summed E-state index contributed by atoms with van der Waals surface area (Å²) in [6, 6.07) is 7.58. The molecule has 1 aliphatic rings. The van der Waals surface area contributed by atoms with Crippen molar-refractivity contribution in [2.24, 2.45) is 0 Å². The van der Waals surface area contributed by atoms with Crippen LogP contribution >= 0.6 is 11.6 Å². The van der Waals surface area contributed by atoms with Crippen molar-refractivity contribution in [3.63, 3.8) is 0 Å². The second-order valence-electron chi connectivity index (χ2n) is 6.76. The highest BCUT2D eigenvalue weighted by Gasteiger charge is 2.45. The Morgan fingerprint density at radius 3 is 2.75 bits per heavy atom. The summed E-state index contributed by atoms with van der Waals surface area (Å²) in [5.41, 5.74) is 0.0436. The zero-order valence-electron chi connectivity index (χ0n) is 15.4. The maximum absolute atomic E-state index is 12.8. The highest BCUT2D eigenvalue weighted by atomic mass is 35.5. The van der Waals surface area contributed by atoms with E-state index in [0.717, 1.165) is 10.5 Å². The van der Waals surface area contributed by atoms with Crippen LogP contribution in [0.5, 0.6) is 5.75 Å². The molecule has 0 bridgehead atoms. The number of hydrogen-bond donors (Lipinski definition) is 1. The Bertz CT molecular complexity index is 992. The number of nitro groups is 1. The van der Waals surface area contributed by atoms with E-state index in [1.165, 1.54) is 12.1 Å². The second-order valence-corrected chi connectivity index (χ2v) is 7.20. The highest BCUT2D eigenvalue weighted by Crippen LogP contribution is 2.37. The van der Waals surface area contributed by atoms with Gasteiger partial charge >= 0.3 is 5.82 Å². The average molecular weight is 405 g/mol. The number of aromatic nitrogens is 1. The van der Waals surface area contributed by atoms with Crippen LogP contribution in [0.4, 0.5) is 17.3 Å². The van der Waals surface area contributed by atoms with E-state index in [-0.39, 0.29) is 11.6 Å².